The molecule has 0 heterocycles. The Kier molecular flexibility index (Phi) is 6.89. The third-order valence-electron chi connectivity index (χ3n) is 6.57. The molecule has 2 saturated carbocycles. The molecular formula is C22H33N3O3S. The van der Waals surface area contributed by atoms with Crippen LogP contribution >= 0.6 is 11.9 Å². The van der Waals surface area contributed by atoms with E-state index in [0.29, 0.717) is 16.7 Å². The zero-order chi connectivity index (χ0) is 21.2. The van der Waals surface area contributed by atoms with Gasteiger partial charge in [-0.2, -0.15) is 0 Å². The summed E-state index contributed by atoms with van der Waals surface area (Å²) in [6.07, 6.45) is 6.10. The number of amides is 1. The van der Waals surface area contributed by atoms with Gasteiger partial charge in [0, 0.05) is 23.1 Å². The highest BCUT2D eigenvalue weighted by atomic mass is 32.2. The maximum atomic E-state index is 13.1. The number of nitro groups is 1. The highest BCUT2D eigenvalue weighted by Crippen LogP contribution is 2.46. The molecule has 0 spiro atoms. The van der Waals surface area contributed by atoms with Crippen LogP contribution in [0.2, 0.25) is 0 Å². The molecule has 1 amide bonds. The number of hydrogen-bond acceptors (Lipinski definition) is 5. The van der Waals surface area contributed by atoms with Crippen molar-refractivity contribution in [2.24, 2.45) is 23.7 Å². The van der Waals surface area contributed by atoms with E-state index in [1.165, 1.54) is 49.8 Å². The quantitative estimate of drug-likeness (QED) is 0.372. The van der Waals surface area contributed by atoms with Crippen molar-refractivity contribution < 1.29 is 9.72 Å². The van der Waals surface area contributed by atoms with Crippen LogP contribution in [-0.2, 0) is 4.79 Å². The Bertz CT molecular complexity index is 753. The summed E-state index contributed by atoms with van der Waals surface area (Å²) in [7, 11) is 0. The fourth-order valence-corrected chi connectivity index (χ4v) is 5.92. The second-order valence-corrected chi connectivity index (χ2v) is 10.3. The number of carbonyl (C=O) groups excluding carboxylic acids is 1. The Morgan fingerprint density at radius 2 is 2.03 bits per heavy atom. The van der Waals surface area contributed by atoms with Crippen LogP contribution in [0.15, 0.2) is 29.2 Å². The lowest BCUT2D eigenvalue weighted by molar-refractivity contribution is -0.385. The zero-order valence-corrected chi connectivity index (χ0v) is 18.6. The standard InChI is InChI=1S/C22H33N3O3S/c1-5-16-11-15-9-14(2)10-17(12-15)20(16)23-21(26)22(3,4)24-29-19-8-6-7-18(13-19)25(27)28/h6-8,13-17,20,24H,5,9-12H2,1-4H3,(H,23,26). The van der Waals surface area contributed by atoms with Crippen LogP contribution in [0.25, 0.3) is 0 Å². The van der Waals surface area contributed by atoms with Crippen molar-refractivity contribution in [1.82, 2.24) is 10.0 Å². The fourth-order valence-electron chi connectivity index (χ4n) is 5.13. The van der Waals surface area contributed by atoms with Crippen molar-refractivity contribution in [3.8, 4) is 0 Å². The number of fused-ring (bicyclic) bond motifs is 2. The lowest BCUT2D eigenvalue weighted by Gasteiger charge is -2.48. The van der Waals surface area contributed by atoms with Gasteiger partial charge in [0.05, 0.1) is 4.92 Å². The molecule has 0 aliphatic heterocycles. The zero-order valence-electron chi connectivity index (χ0n) is 17.8. The molecule has 2 N–H and O–H groups in total. The molecule has 1 aromatic carbocycles. The van der Waals surface area contributed by atoms with Crippen LogP contribution in [-0.4, -0.2) is 22.4 Å². The second-order valence-electron chi connectivity index (χ2n) is 9.43. The first kappa shape index (κ1) is 22.1. The lowest BCUT2D eigenvalue weighted by Crippen LogP contribution is -2.58. The molecule has 2 bridgehead atoms. The number of nitrogens with one attached hydrogen (secondary N) is 2. The Morgan fingerprint density at radius 1 is 1.28 bits per heavy atom. The maximum absolute atomic E-state index is 13.1. The van der Waals surface area contributed by atoms with E-state index >= 15 is 0 Å². The van der Waals surface area contributed by atoms with Gasteiger partial charge in [-0.3, -0.25) is 14.9 Å². The van der Waals surface area contributed by atoms with Gasteiger partial charge < -0.3 is 5.32 Å². The Balaban J connectivity index is 1.63. The molecule has 2 aliphatic rings. The van der Waals surface area contributed by atoms with E-state index in [1.54, 1.807) is 12.1 Å². The van der Waals surface area contributed by atoms with Crippen LogP contribution in [0, 0.1) is 33.8 Å². The first-order valence-corrected chi connectivity index (χ1v) is 11.5. The molecule has 6 nitrogen and oxygen atoms in total. The normalized spacial score (nSPS) is 29.3. The molecule has 3 rings (SSSR count). The van der Waals surface area contributed by atoms with Crippen molar-refractivity contribution in [1.29, 1.82) is 0 Å². The fraction of sp³-hybridized carbons (Fsp3) is 0.682. The Hall–Kier alpha value is -1.60. The highest BCUT2D eigenvalue weighted by Gasteiger charge is 2.43. The number of carbonyl (C=O) groups is 1. The van der Waals surface area contributed by atoms with Crippen LogP contribution in [0.1, 0.15) is 59.8 Å². The minimum absolute atomic E-state index is 0.00411. The van der Waals surface area contributed by atoms with E-state index in [9.17, 15) is 14.9 Å². The van der Waals surface area contributed by atoms with Crippen LogP contribution < -0.4 is 10.0 Å². The summed E-state index contributed by atoms with van der Waals surface area (Å²) in [5.74, 6) is 2.68. The second kappa shape index (κ2) is 9.04. The summed E-state index contributed by atoms with van der Waals surface area (Å²) < 4.78 is 3.21. The SMILES string of the molecule is CCC1CC2CC(C)CC(C2)C1NC(=O)C(C)(C)NSc1cccc([N+](=O)[O-])c1. The molecule has 2 fully saturated rings. The molecule has 29 heavy (non-hydrogen) atoms. The van der Waals surface area contributed by atoms with Crippen LogP contribution in [0.3, 0.4) is 0 Å². The first-order chi connectivity index (χ1) is 13.7. The van der Waals surface area contributed by atoms with Crippen LogP contribution in [0.4, 0.5) is 5.69 Å². The number of nitrogens with zero attached hydrogens (tertiary/aromatic N) is 1. The molecule has 0 radical (unpaired) electrons. The van der Waals surface area contributed by atoms with Crippen molar-refractivity contribution in [2.45, 2.75) is 76.3 Å². The topological polar surface area (TPSA) is 84.3 Å². The summed E-state index contributed by atoms with van der Waals surface area (Å²) >= 11 is 1.26. The minimum Gasteiger partial charge on any atom is -0.351 e. The molecule has 5 atom stereocenters. The number of non-ortho nitro benzene ring substituents is 1. The monoisotopic (exact) mass is 419 g/mol. The average molecular weight is 420 g/mol. The van der Waals surface area contributed by atoms with Gasteiger partial charge in [-0.15, -0.1) is 0 Å². The van der Waals surface area contributed by atoms with Gasteiger partial charge in [-0.05, 0) is 81.2 Å². The van der Waals surface area contributed by atoms with Gasteiger partial charge in [0.15, 0.2) is 0 Å². The molecule has 0 aromatic heterocycles. The number of benzene rings is 1. The van der Waals surface area contributed by atoms with E-state index < -0.39 is 10.5 Å². The molecule has 160 valence electrons. The molecule has 0 saturated heterocycles. The van der Waals surface area contributed by atoms with Gasteiger partial charge >= 0.3 is 0 Å². The van der Waals surface area contributed by atoms with Crippen molar-refractivity contribution in [3.05, 3.63) is 34.4 Å². The molecule has 1 aromatic rings. The summed E-state index contributed by atoms with van der Waals surface area (Å²) in [5, 5.41) is 14.3. The maximum Gasteiger partial charge on any atom is 0.270 e. The van der Waals surface area contributed by atoms with Crippen molar-refractivity contribution in [2.75, 3.05) is 0 Å². The third-order valence-corrected chi connectivity index (χ3v) is 7.67. The molecular weight excluding hydrogens is 386 g/mol. The summed E-state index contributed by atoms with van der Waals surface area (Å²) in [6, 6.07) is 6.69. The van der Waals surface area contributed by atoms with Gasteiger partial charge in [0.1, 0.15) is 5.54 Å². The molecule has 5 unspecified atom stereocenters. The predicted octanol–water partition coefficient (Wildman–Crippen LogP) is 4.94. The number of hydrogen-bond donors (Lipinski definition) is 2. The Labute approximate surface area is 177 Å². The molecule has 7 heteroatoms. The van der Waals surface area contributed by atoms with Crippen molar-refractivity contribution in [3.63, 3.8) is 0 Å². The lowest BCUT2D eigenvalue weighted by atomic mass is 9.62. The summed E-state index contributed by atoms with van der Waals surface area (Å²) in [4.78, 5) is 24.4. The van der Waals surface area contributed by atoms with Gasteiger partial charge in [0.25, 0.3) is 5.69 Å². The van der Waals surface area contributed by atoms with E-state index in [0.717, 1.165) is 18.3 Å². The predicted molar refractivity (Wildman–Crippen MR) is 116 cm³/mol. The highest BCUT2D eigenvalue weighted by molar-refractivity contribution is 7.97. The third kappa shape index (κ3) is 5.31. The number of nitro benzene ring substituents is 1. The first-order valence-electron chi connectivity index (χ1n) is 10.7. The smallest absolute Gasteiger partial charge is 0.270 e. The van der Waals surface area contributed by atoms with E-state index in [1.807, 2.05) is 13.8 Å². The minimum atomic E-state index is -0.787. The largest absolute Gasteiger partial charge is 0.351 e. The van der Waals surface area contributed by atoms with Gasteiger partial charge in [-0.1, -0.05) is 26.3 Å². The van der Waals surface area contributed by atoms with E-state index in [4.69, 9.17) is 0 Å². The molecule has 2 aliphatic carbocycles. The van der Waals surface area contributed by atoms with E-state index in [2.05, 4.69) is 23.9 Å². The number of rotatable bonds is 7. The Morgan fingerprint density at radius 3 is 2.72 bits per heavy atom. The summed E-state index contributed by atoms with van der Waals surface area (Å²) in [6.45, 7) is 8.30. The van der Waals surface area contributed by atoms with E-state index in [-0.39, 0.29) is 17.6 Å². The summed E-state index contributed by atoms with van der Waals surface area (Å²) in [5.41, 5.74) is -0.738. The van der Waals surface area contributed by atoms with Gasteiger partial charge in [0.2, 0.25) is 5.91 Å². The van der Waals surface area contributed by atoms with Crippen LogP contribution in [0.5, 0.6) is 0 Å². The van der Waals surface area contributed by atoms with Crippen molar-refractivity contribution >= 4 is 23.5 Å². The average Bonchev–Trinajstić information content (AvgIpc) is 2.68. The van der Waals surface area contributed by atoms with Gasteiger partial charge in [-0.25, -0.2) is 4.72 Å².